The molecule has 0 saturated carbocycles. The molecule has 0 N–H and O–H groups in total. The van der Waals surface area contributed by atoms with E-state index in [1.807, 2.05) is 55.6 Å². The van der Waals surface area contributed by atoms with Gasteiger partial charge in [0.25, 0.3) is 5.91 Å². The zero-order chi connectivity index (χ0) is 18.6. The summed E-state index contributed by atoms with van der Waals surface area (Å²) in [4.78, 5) is 14.8. The fourth-order valence-corrected chi connectivity index (χ4v) is 4.49. The molecule has 2 heterocycles. The normalized spacial score (nSPS) is 19.8. The third-order valence-electron chi connectivity index (χ3n) is 5.65. The molecule has 4 nitrogen and oxygen atoms in total. The summed E-state index contributed by atoms with van der Waals surface area (Å²) in [6.45, 7) is 0.545. The first-order chi connectivity index (χ1) is 13.2. The third kappa shape index (κ3) is 2.01. The van der Waals surface area contributed by atoms with Gasteiger partial charge in [0, 0.05) is 30.3 Å². The molecule has 0 spiro atoms. The fourth-order valence-electron chi connectivity index (χ4n) is 4.49. The van der Waals surface area contributed by atoms with Crippen LogP contribution in [-0.4, -0.2) is 31.5 Å². The van der Waals surface area contributed by atoms with E-state index in [1.165, 1.54) is 0 Å². The highest BCUT2D eigenvalue weighted by Gasteiger charge is 2.51. The Hall–Kier alpha value is -3.27. The Morgan fingerprint density at radius 1 is 1.00 bits per heavy atom. The van der Waals surface area contributed by atoms with E-state index in [-0.39, 0.29) is 5.91 Å². The van der Waals surface area contributed by atoms with Crippen molar-refractivity contribution in [3.05, 3.63) is 89.0 Å². The minimum Gasteiger partial charge on any atom is -0.493 e. The first-order valence-corrected chi connectivity index (χ1v) is 8.96. The Morgan fingerprint density at radius 3 is 2.52 bits per heavy atom. The van der Waals surface area contributed by atoms with Crippen LogP contribution in [0.15, 0.2) is 66.7 Å². The third-order valence-corrected chi connectivity index (χ3v) is 5.65. The summed E-state index contributed by atoms with van der Waals surface area (Å²) >= 11 is 0. The molecule has 0 radical (unpaired) electrons. The predicted octanol–water partition coefficient (Wildman–Crippen LogP) is 4.22. The number of para-hydroxylation sites is 1. The lowest BCUT2D eigenvalue weighted by Crippen LogP contribution is -2.50. The van der Waals surface area contributed by atoms with Gasteiger partial charge in [-0.3, -0.25) is 4.79 Å². The van der Waals surface area contributed by atoms with Gasteiger partial charge in [0.2, 0.25) is 0 Å². The maximum absolute atomic E-state index is 13.0. The smallest absolute Gasteiger partial charge is 0.254 e. The average Bonchev–Trinajstić information content (AvgIpc) is 2.72. The molecule has 5 rings (SSSR count). The number of carbonyl (C=O) groups excluding carboxylic acids is 1. The van der Waals surface area contributed by atoms with Gasteiger partial charge in [-0.25, -0.2) is 0 Å². The Kier molecular flexibility index (Phi) is 3.31. The molecule has 27 heavy (non-hydrogen) atoms. The van der Waals surface area contributed by atoms with Crippen molar-refractivity contribution in [3.8, 4) is 17.2 Å². The molecule has 2 aliphatic heterocycles. The van der Waals surface area contributed by atoms with Crippen molar-refractivity contribution >= 4 is 5.91 Å². The molecule has 1 unspecified atom stereocenters. The zero-order valence-corrected chi connectivity index (χ0v) is 15.2. The van der Waals surface area contributed by atoms with Crippen LogP contribution in [-0.2, 0) is 5.41 Å². The van der Waals surface area contributed by atoms with Crippen molar-refractivity contribution < 1.29 is 14.3 Å². The van der Waals surface area contributed by atoms with E-state index in [1.54, 1.807) is 12.0 Å². The highest BCUT2D eigenvalue weighted by atomic mass is 16.5. The predicted molar refractivity (Wildman–Crippen MR) is 103 cm³/mol. The van der Waals surface area contributed by atoms with Gasteiger partial charge in [-0.2, -0.15) is 0 Å². The second-order valence-electron chi connectivity index (χ2n) is 7.05. The lowest BCUT2D eigenvalue weighted by Gasteiger charge is -2.47. The molecule has 2 aliphatic rings. The molecule has 0 saturated heterocycles. The highest BCUT2D eigenvalue weighted by Crippen LogP contribution is 2.57. The van der Waals surface area contributed by atoms with Crippen LogP contribution in [0, 0.1) is 0 Å². The molecule has 0 fully saturated rings. The summed E-state index contributed by atoms with van der Waals surface area (Å²) in [5.74, 6) is 2.08. The number of hydrogen-bond acceptors (Lipinski definition) is 3. The number of fused-ring (bicyclic) bond motifs is 2. The maximum Gasteiger partial charge on any atom is 0.254 e. The molecule has 0 aliphatic carbocycles. The summed E-state index contributed by atoms with van der Waals surface area (Å²) in [7, 11) is 3.49. The standard InChI is InChI=1S/C23H19NO3/c1-24-14-23(15-8-4-3-5-9-15)17-10-6-7-11-18(17)27-21-19(26-2)13-12-16(20(21)23)22(24)25/h3-13H,14H2,1-2H3. The van der Waals surface area contributed by atoms with Crippen molar-refractivity contribution in [1.82, 2.24) is 4.90 Å². The topological polar surface area (TPSA) is 38.8 Å². The van der Waals surface area contributed by atoms with Gasteiger partial charge in [0.05, 0.1) is 12.5 Å². The van der Waals surface area contributed by atoms with Crippen LogP contribution in [0.1, 0.15) is 27.0 Å². The molecular formula is C23H19NO3. The molecule has 0 bridgehead atoms. The number of hydrogen-bond donors (Lipinski definition) is 0. The van der Waals surface area contributed by atoms with E-state index in [9.17, 15) is 4.79 Å². The molecule has 1 atom stereocenters. The molecular weight excluding hydrogens is 338 g/mol. The monoisotopic (exact) mass is 357 g/mol. The van der Waals surface area contributed by atoms with Crippen molar-refractivity contribution in [2.75, 3.05) is 20.7 Å². The van der Waals surface area contributed by atoms with Gasteiger partial charge in [-0.05, 0) is 23.8 Å². The van der Waals surface area contributed by atoms with Crippen LogP contribution in [0.5, 0.6) is 17.2 Å². The molecule has 3 aromatic rings. The fraction of sp³-hybridized carbons (Fsp3) is 0.174. The minimum absolute atomic E-state index is 0.00319. The van der Waals surface area contributed by atoms with Gasteiger partial charge < -0.3 is 14.4 Å². The van der Waals surface area contributed by atoms with Gasteiger partial charge >= 0.3 is 0 Å². The lowest BCUT2D eigenvalue weighted by atomic mass is 9.64. The lowest BCUT2D eigenvalue weighted by molar-refractivity contribution is 0.0746. The maximum atomic E-state index is 13.0. The summed E-state index contributed by atoms with van der Waals surface area (Å²) in [6, 6.07) is 22.1. The van der Waals surface area contributed by atoms with Gasteiger partial charge in [0.15, 0.2) is 11.5 Å². The first-order valence-electron chi connectivity index (χ1n) is 8.96. The Morgan fingerprint density at radius 2 is 1.74 bits per heavy atom. The second-order valence-corrected chi connectivity index (χ2v) is 7.05. The Labute approximate surface area is 158 Å². The van der Waals surface area contributed by atoms with Gasteiger partial charge in [0.1, 0.15) is 5.75 Å². The van der Waals surface area contributed by atoms with E-state index >= 15 is 0 Å². The average molecular weight is 357 g/mol. The number of nitrogens with zero attached hydrogens (tertiary/aromatic N) is 1. The van der Waals surface area contributed by atoms with Crippen LogP contribution in [0.4, 0.5) is 0 Å². The quantitative estimate of drug-likeness (QED) is 0.689. The van der Waals surface area contributed by atoms with Gasteiger partial charge in [-0.15, -0.1) is 0 Å². The van der Waals surface area contributed by atoms with E-state index in [4.69, 9.17) is 9.47 Å². The Balaban J connectivity index is 1.96. The van der Waals surface area contributed by atoms with Crippen LogP contribution in [0.2, 0.25) is 0 Å². The minimum atomic E-state index is -0.502. The summed E-state index contributed by atoms with van der Waals surface area (Å²) in [5, 5.41) is 0. The molecule has 4 heteroatoms. The highest BCUT2D eigenvalue weighted by molar-refractivity contribution is 6.00. The van der Waals surface area contributed by atoms with Crippen molar-refractivity contribution in [2.24, 2.45) is 0 Å². The van der Waals surface area contributed by atoms with Crippen LogP contribution < -0.4 is 9.47 Å². The molecule has 1 amide bonds. The number of methoxy groups -OCH3 is 1. The number of carbonyl (C=O) groups is 1. The number of likely N-dealkylation sites (N-methyl/N-ethyl adjacent to an activating group) is 1. The van der Waals surface area contributed by atoms with Gasteiger partial charge in [-0.1, -0.05) is 48.5 Å². The van der Waals surface area contributed by atoms with E-state index in [2.05, 4.69) is 18.2 Å². The first kappa shape index (κ1) is 15.9. The zero-order valence-electron chi connectivity index (χ0n) is 15.2. The summed E-state index contributed by atoms with van der Waals surface area (Å²) in [5.41, 5.74) is 3.26. The van der Waals surface area contributed by atoms with Crippen molar-refractivity contribution in [3.63, 3.8) is 0 Å². The van der Waals surface area contributed by atoms with E-state index in [0.29, 0.717) is 23.6 Å². The van der Waals surface area contributed by atoms with Crippen LogP contribution >= 0.6 is 0 Å². The number of ether oxygens (including phenoxy) is 2. The van der Waals surface area contributed by atoms with E-state index < -0.39 is 5.41 Å². The Bertz CT molecular complexity index is 1060. The SMILES string of the molecule is COc1ccc2c3c1Oc1ccccc1C3(c1ccccc1)CN(C)C2=O. The number of amides is 1. The van der Waals surface area contributed by atoms with Crippen molar-refractivity contribution in [2.45, 2.75) is 5.41 Å². The molecule has 3 aromatic carbocycles. The number of rotatable bonds is 2. The van der Waals surface area contributed by atoms with Crippen molar-refractivity contribution in [1.29, 1.82) is 0 Å². The largest absolute Gasteiger partial charge is 0.493 e. The second kappa shape index (κ2) is 5.61. The number of benzene rings is 3. The van der Waals surface area contributed by atoms with Crippen LogP contribution in [0.3, 0.4) is 0 Å². The van der Waals surface area contributed by atoms with E-state index in [0.717, 1.165) is 22.4 Å². The summed E-state index contributed by atoms with van der Waals surface area (Å²) < 4.78 is 11.9. The van der Waals surface area contributed by atoms with Crippen LogP contribution in [0.25, 0.3) is 0 Å². The summed E-state index contributed by atoms with van der Waals surface area (Å²) in [6.07, 6.45) is 0. The molecule has 134 valence electrons. The molecule has 0 aromatic heterocycles.